The molecule has 1 aromatic heterocycles. The summed E-state index contributed by atoms with van der Waals surface area (Å²) in [4.78, 5) is 23.7. The van der Waals surface area contributed by atoms with Gasteiger partial charge in [0.25, 0.3) is 0 Å². The number of carbonyl (C=O) groups excluding carboxylic acids is 1. The topological polar surface area (TPSA) is 67.4 Å². The number of rotatable bonds is 3. The molecule has 6 nitrogen and oxygen atoms in total. The molecule has 1 aliphatic heterocycles. The highest BCUT2D eigenvalue weighted by molar-refractivity contribution is 5.93. The van der Waals surface area contributed by atoms with Gasteiger partial charge in [0.2, 0.25) is 11.9 Å². The first-order valence-corrected chi connectivity index (χ1v) is 9.03. The summed E-state index contributed by atoms with van der Waals surface area (Å²) < 4.78 is 32.1. The van der Waals surface area contributed by atoms with Gasteiger partial charge >= 0.3 is 0 Å². The molecule has 8 heteroatoms. The monoisotopic (exact) mass is 374 g/mol. The van der Waals surface area contributed by atoms with Crippen molar-refractivity contribution in [1.82, 2.24) is 9.97 Å². The number of hydrogen-bond acceptors (Lipinski definition) is 5. The van der Waals surface area contributed by atoms with Crippen LogP contribution in [0.3, 0.4) is 0 Å². The van der Waals surface area contributed by atoms with Crippen molar-refractivity contribution in [3.05, 3.63) is 47.3 Å². The lowest BCUT2D eigenvalue weighted by Crippen LogP contribution is -2.38. The minimum atomic E-state index is -0.780. The smallest absolute Gasteiger partial charge is 0.227 e. The Morgan fingerprint density at radius 2 is 2.07 bits per heavy atom. The van der Waals surface area contributed by atoms with E-state index in [1.165, 1.54) is 6.07 Å². The Labute approximate surface area is 155 Å². The molecule has 1 atom stereocenters. The highest BCUT2D eigenvalue weighted by atomic mass is 19.1. The van der Waals surface area contributed by atoms with Crippen LogP contribution in [0.4, 0.5) is 20.4 Å². The number of fused-ring (bicyclic) bond motifs is 1. The van der Waals surface area contributed by atoms with E-state index in [1.807, 2.05) is 0 Å². The third-order valence-corrected chi connectivity index (χ3v) is 4.99. The van der Waals surface area contributed by atoms with Gasteiger partial charge in [0.15, 0.2) is 0 Å². The fraction of sp³-hybridized carbons (Fsp3) is 0.421. The van der Waals surface area contributed by atoms with Gasteiger partial charge in [-0.2, -0.15) is 0 Å². The van der Waals surface area contributed by atoms with Gasteiger partial charge in [-0.3, -0.25) is 4.79 Å². The number of benzene rings is 1. The van der Waals surface area contributed by atoms with Gasteiger partial charge in [0.05, 0.1) is 18.9 Å². The second kappa shape index (κ2) is 7.56. The van der Waals surface area contributed by atoms with Gasteiger partial charge < -0.3 is 15.0 Å². The maximum Gasteiger partial charge on any atom is 0.227 e. The fourth-order valence-corrected chi connectivity index (χ4v) is 3.46. The average Bonchev–Trinajstić information content (AvgIpc) is 2.70. The van der Waals surface area contributed by atoms with Gasteiger partial charge in [-0.05, 0) is 37.0 Å². The van der Waals surface area contributed by atoms with Gasteiger partial charge in [-0.15, -0.1) is 0 Å². The number of morpholine rings is 1. The Morgan fingerprint density at radius 1 is 1.26 bits per heavy atom. The first kappa shape index (κ1) is 17.8. The van der Waals surface area contributed by atoms with Gasteiger partial charge in [-0.1, -0.05) is 0 Å². The number of halogens is 2. The molecule has 1 aliphatic carbocycles. The first-order valence-electron chi connectivity index (χ1n) is 9.03. The zero-order valence-corrected chi connectivity index (χ0v) is 14.8. The van der Waals surface area contributed by atoms with Crippen molar-refractivity contribution in [2.75, 3.05) is 36.5 Å². The molecule has 2 aromatic rings. The van der Waals surface area contributed by atoms with E-state index >= 15 is 0 Å². The molecule has 1 saturated heterocycles. The summed E-state index contributed by atoms with van der Waals surface area (Å²) in [6, 6.07) is 3.11. The van der Waals surface area contributed by atoms with E-state index in [0.717, 1.165) is 36.5 Å². The molecule has 1 fully saturated rings. The molecule has 27 heavy (non-hydrogen) atoms. The molecule has 4 rings (SSSR count). The number of ether oxygens (including phenoxy) is 1. The largest absolute Gasteiger partial charge is 0.378 e. The summed E-state index contributed by atoms with van der Waals surface area (Å²) in [5.41, 5.74) is 1.90. The number of nitrogens with zero attached hydrogens (tertiary/aromatic N) is 3. The molecule has 0 saturated carbocycles. The summed E-state index contributed by atoms with van der Waals surface area (Å²) in [6.45, 7) is 2.88. The Morgan fingerprint density at radius 3 is 2.85 bits per heavy atom. The Bertz CT molecular complexity index is 856. The number of aryl methyl sites for hydroxylation is 1. The Kier molecular flexibility index (Phi) is 4.98. The van der Waals surface area contributed by atoms with Crippen LogP contribution in [-0.4, -0.2) is 42.2 Å². The number of amides is 1. The highest BCUT2D eigenvalue weighted by Crippen LogP contribution is 2.27. The van der Waals surface area contributed by atoms with Crippen molar-refractivity contribution in [3.63, 3.8) is 0 Å². The van der Waals surface area contributed by atoms with E-state index in [9.17, 15) is 13.6 Å². The third-order valence-electron chi connectivity index (χ3n) is 4.99. The maximum atomic E-state index is 13.7. The number of nitrogens with one attached hydrogen (secondary N) is 1. The number of aromatic nitrogens is 2. The van der Waals surface area contributed by atoms with E-state index in [1.54, 1.807) is 6.20 Å². The van der Waals surface area contributed by atoms with Crippen molar-refractivity contribution in [2.24, 2.45) is 5.92 Å². The lowest BCUT2D eigenvalue weighted by Gasteiger charge is -2.28. The first-order chi connectivity index (χ1) is 13.1. The van der Waals surface area contributed by atoms with Crippen LogP contribution in [0.2, 0.25) is 0 Å². The SMILES string of the molecule is O=C(Nc1ccc(F)cc1F)[C@H]1CCc2nc(N3CCOCC3)ncc2C1. The minimum Gasteiger partial charge on any atom is -0.378 e. The molecule has 1 aromatic carbocycles. The van der Waals surface area contributed by atoms with Crippen LogP contribution in [0.15, 0.2) is 24.4 Å². The van der Waals surface area contributed by atoms with E-state index in [4.69, 9.17) is 4.74 Å². The number of carbonyl (C=O) groups is 1. The van der Waals surface area contributed by atoms with Crippen molar-refractivity contribution in [2.45, 2.75) is 19.3 Å². The van der Waals surface area contributed by atoms with Crippen LogP contribution in [0.5, 0.6) is 0 Å². The van der Waals surface area contributed by atoms with Crippen molar-refractivity contribution < 1.29 is 18.3 Å². The molecule has 1 amide bonds. The highest BCUT2D eigenvalue weighted by Gasteiger charge is 2.27. The Balaban J connectivity index is 1.44. The summed E-state index contributed by atoms with van der Waals surface area (Å²) in [5.74, 6) is -1.32. The van der Waals surface area contributed by atoms with Crippen LogP contribution in [-0.2, 0) is 22.4 Å². The lowest BCUT2D eigenvalue weighted by molar-refractivity contribution is -0.120. The zero-order valence-electron chi connectivity index (χ0n) is 14.8. The quantitative estimate of drug-likeness (QED) is 0.893. The Hall–Kier alpha value is -2.61. The van der Waals surface area contributed by atoms with Crippen LogP contribution < -0.4 is 10.2 Å². The molecule has 0 unspecified atom stereocenters. The van der Waals surface area contributed by atoms with Crippen molar-refractivity contribution in [3.8, 4) is 0 Å². The van der Waals surface area contributed by atoms with Crippen LogP contribution in [0, 0.1) is 17.6 Å². The second-order valence-corrected chi connectivity index (χ2v) is 6.79. The standard InChI is InChI=1S/C19H20F2N4O2/c20-14-2-4-17(15(21)10-14)23-18(26)12-1-3-16-13(9-12)11-22-19(24-16)25-5-7-27-8-6-25/h2,4,10-12H,1,3,5-9H2,(H,23,26)/t12-/m0/s1. The maximum absolute atomic E-state index is 13.7. The molecular weight excluding hydrogens is 354 g/mol. The van der Waals surface area contributed by atoms with E-state index in [0.29, 0.717) is 38.4 Å². The number of anilines is 2. The third kappa shape index (κ3) is 3.90. The van der Waals surface area contributed by atoms with Crippen molar-refractivity contribution in [1.29, 1.82) is 0 Å². The molecule has 1 N–H and O–H groups in total. The fourth-order valence-electron chi connectivity index (χ4n) is 3.46. The summed E-state index contributed by atoms with van der Waals surface area (Å²) in [5, 5.41) is 2.56. The molecule has 2 aliphatic rings. The molecule has 0 radical (unpaired) electrons. The zero-order chi connectivity index (χ0) is 18.8. The normalized spacial score (nSPS) is 19.5. The second-order valence-electron chi connectivity index (χ2n) is 6.79. The van der Waals surface area contributed by atoms with Crippen LogP contribution in [0.25, 0.3) is 0 Å². The van der Waals surface area contributed by atoms with E-state index in [2.05, 4.69) is 20.2 Å². The molecule has 0 bridgehead atoms. The van der Waals surface area contributed by atoms with E-state index in [-0.39, 0.29) is 17.5 Å². The predicted molar refractivity (Wildman–Crippen MR) is 95.6 cm³/mol. The summed E-state index contributed by atoms with van der Waals surface area (Å²) in [6.07, 6.45) is 3.58. The summed E-state index contributed by atoms with van der Waals surface area (Å²) in [7, 11) is 0. The molecule has 142 valence electrons. The van der Waals surface area contributed by atoms with Crippen LogP contribution >= 0.6 is 0 Å². The van der Waals surface area contributed by atoms with E-state index < -0.39 is 11.6 Å². The van der Waals surface area contributed by atoms with Gasteiger partial charge in [0, 0.05) is 37.0 Å². The minimum absolute atomic E-state index is 0.00823. The van der Waals surface area contributed by atoms with Gasteiger partial charge in [0.1, 0.15) is 11.6 Å². The molecular formula is C19H20F2N4O2. The lowest BCUT2D eigenvalue weighted by atomic mass is 9.86. The summed E-state index contributed by atoms with van der Waals surface area (Å²) >= 11 is 0. The van der Waals surface area contributed by atoms with Gasteiger partial charge in [-0.25, -0.2) is 18.7 Å². The predicted octanol–water partition coefficient (Wildman–Crippen LogP) is 2.33. The molecule has 2 heterocycles. The average molecular weight is 374 g/mol. The van der Waals surface area contributed by atoms with Crippen LogP contribution in [0.1, 0.15) is 17.7 Å². The van der Waals surface area contributed by atoms with Crippen molar-refractivity contribution >= 4 is 17.5 Å². The molecule has 0 spiro atoms. The number of hydrogen-bond donors (Lipinski definition) is 1.